The number of carbonyl (C=O) groups excluding carboxylic acids is 2. The van der Waals surface area contributed by atoms with Crippen molar-refractivity contribution < 1.29 is 14.3 Å². The molecular formula is C39H39N9O3. The van der Waals surface area contributed by atoms with Crippen LogP contribution in [0.25, 0.3) is 16.5 Å². The van der Waals surface area contributed by atoms with E-state index in [-0.39, 0.29) is 24.0 Å². The summed E-state index contributed by atoms with van der Waals surface area (Å²) in [5, 5.41) is 15.7. The number of urea groups is 1. The Morgan fingerprint density at radius 1 is 0.843 bits per heavy atom. The van der Waals surface area contributed by atoms with E-state index in [1.165, 1.54) is 12.4 Å². The van der Waals surface area contributed by atoms with Crippen LogP contribution in [-0.2, 0) is 12.0 Å². The van der Waals surface area contributed by atoms with Gasteiger partial charge in [0, 0.05) is 41.5 Å². The third-order valence-corrected chi connectivity index (χ3v) is 8.62. The Hall–Kier alpha value is -6.30. The van der Waals surface area contributed by atoms with Gasteiger partial charge in [0.2, 0.25) is 0 Å². The number of hydrogen-bond donors (Lipinski definition) is 3. The SMILES string of the molecule is Cc1ccc(-n2nc(C(C)(C)C)cc2NC(=O)Nc2ccc(OCc3ccnc(Nc4cnc(C(=O)N5CCC5)cn4)c3)c3ccccc23)cc1. The van der Waals surface area contributed by atoms with Crippen molar-refractivity contribution >= 4 is 45.9 Å². The van der Waals surface area contributed by atoms with E-state index in [0.717, 1.165) is 52.8 Å². The lowest BCUT2D eigenvalue weighted by Crippen LogP contribution is -2.42. The van der Waals surface area contributed by atoms with Crippen LogP contribution in [0.5, 0.6) is 5.75 Å². The molecule has 3 aromatic carbocycles. The van der Waals surface area contributed by atoms with Crippen LogP contribution in [0.1, 0.15) is 54.5 Å². The highest BCUT2D eigenvalue weighted by atomic mass is 16.5. The van der Waals surface area contributed by atoms with Crippen LogP contribution in [0.4, 0.5) is 27.9 Å². The lowest BCUT2D eigenvalue weighted by atomic mass is 9.92. The first kappa shape index (κ1) is 33.2. The molecule has 1 fully saturated rings. The minimum Gasteiger partial charge on any atom is -0.488 e. The van der Waals surface area contributed by atoms with Gasteiger partial charge in [0.1, 0.15) is 35.5 Å². The zero-order valence-corrected chi connectivity index (χ0v) is 29.0. The molecule has 0 saturated carbocycles. The molecule has 0 spiro atoms. The number of aryl methyl sites for hydroxylation is 1. The summed E-state index contributed by atoms with van der Waals surface area (Å²) >= 11 is 0. The van der Waals surface area contributed by atoms with E-state index in [0.29, 0.717) is 34.6 Å². The number of hydrogen-bond acceptors (Lipinski definition) is 8. The number of benzene rings is 3. The second-order valence-electron chi connectivity index (χ2n) is 13.5. The molecule has 7 rings (SSSR count). The van der Waals surface area contributed by atoms with Gasteiger partial charge < -0.3 is 20.3 Å². The topological polar surface area (TPSA) is 139 Å². The zero-order valence-electron chi connectivity index (χ0n) is 29.0. The molecule has 0 radical (unpaired) electrons. The fourth-order valence-electron chi connectivity index (χ4n) is 5.60. The van der Waals surface area contributed by atoms with Gasteiger partial charge in [-0.3, -0.25) is 10.1 Å². The maximum Gasteiger partial charge on any atom is 0.324 e. The fourth-order valence-corrected chi connectivity index (χ4v) is 5.60. The third kappa shape index (κ3) is 7.49. The van der Waals surface area contributed by atoms with E-state index in [1.807, 2.05) is 85.8 Å². The fraction of sp³-hybridized carbons (Fsp3) is 0.231. The smallest absolute Gasteiger partial charge is 0.324 e. The first-order chi connectivity index (χ1) is 24.6. The summed E-state index contributed by atoms with van der Waals surface area (Å²) in [6.07, 6.45) is 5.72. The van der Waals surface area contributed by atoms with Crippen molar-refractivity contribution in [3.63, 3.8) is 0 Å². The van der Waals surface area contributed by atoms with Gasteiger partial charge in [-0.25, -0.2) is 24.4 Å². The number of ether oxygens (including phenoxy) is 1. The standard InChI is InChI=1S/C39H39N9O3/c1-25-10-12-27(13-11-25)48-36(21-33(46-48)39(2,3)4)45-38(50)43-30-14-15-32(29-9-6-5-8-28(29)30)51-24-26-16-17-40-34(20-26)44-35-23-41-31(22-42-35)37(49)47-18-7-19-47/h5-6,8-17,20-23H,7,18-19,24H2,1-4H3,(H,40,42,44)(H2,43,45,50). The number of likely N-dealkylation sites (tertiary alicyclic amines) is 1. The number of fused-ring (bicyclic) bond motifs is 1. The molecule has 258 valence electrons. The van der Waals surface area contributed by atoms with Crippen molar-refractivity contribution in [3.05, 3.63) is 120 Å². The summed E-state index contributed by atoms with van der Waals surface area (Å²) in [7, 11) is 0. The van der Waals surface area contributed by atoms with Gasteiger partial charge in [-0.1, -0.05) is 62.7 Å². The summed E-state index contributed by atoms with van der Waals surface area (Å²) in [6, 6.07) is 24.7. The van der Waals surface area contributed by atoms with Crippen molar-refractivity contribution in [3.8, 4) is 11.4 Å². The minimum atomic E-state index is -0.388. The predicted molar refractivity (Wildman–Crippen MR) is 198 cm³/mol. The van der Waals surface area contributed by atoms with E-state index >= 15 is 0 Å². The Labute approximate surface area is 295 Å². The highest BCUT2D eigenvalue weighted by Crippen LogP contribution is 2.33. The molecule has 12 nitrogen and oxygen atoms in total. The number of carbonyl (C=O) groups is 2. The van der Waals surface area contributed by atoms with Crippen molar-refractivity contribution in [2.45, 2.75) is 46.1 Å². The van der Waals surface area contributed by atoms with E-state index in [1.54, 1.807) is 15.8 Å². The number of pyridine rings is 1. The Bertz CT molecular complexity index is 2200. The molecule has 3 N–H and O–H groups in total. The molecule has 3 aromatic heterocycles. The Kier molecular flexibility index (Phi) is 9.05. The Morgan fingerprint density at radius 3 is 2.33 bits per heavy atom. The second kappa shape index (κ2) is 13.9. The molecule has 0 aliphatic carbocycles. The normalized spacial score (nSPS) is 12.7. The van der Waals surface area contributed by atoms with E-state index in [2.05, 4.69) is 51.7 Å². The number of rotatable bonds is 9. The summed E-state index contributed by atoms with van der Waals surface area (Å²) in [5.74, 6) is 2.18. The molecule has 51 heavy (non-hydrogen) atoms. The van der Waals surface area contributed by atoms with Gasteiger partial charge in [-0.2, -0.15) is 5.10 Å². The molecule has 0 unspecified atom stereocenters. The number of aromatic nitrogens is 5. The van der Waals surface area contributed by atoms with E-state index in [4.69, 9.17) is 9.84 Å². The van der Waals surface area contributed by atoms with Gasteiger partial charge >= 0.3 is 6.03 Å². The third-order valence-electron chi connectivity index (χ3n) is 8.62. The molecule has 6 aromatic rings. The molecule has 1 saturated heterocycles. The zero-order chi connectivity index (χ0) is 35.5. The van der Waals surface area contributed by atoms with Gasteiger partial charge in [-0.05, 0) is 55.3 Å². The molecule has 4 heterocycles. The van der Waals surface area contributed by atoms with Gasteiger partial charge in [0.05, 0.1) is 29.5 Å². The molecule has 0 bridgehead atoms. The van der Waals surface area contributed by atoms with Crippen molar-refractivity contribution in [2.75, 3.05) is 29.0 Å². The highest BCUT2D eigenvalue weighted by Gasteiger charge is 2.23. The van der Waals surface area contributed by atoms with Crippen LogP contribution < -0.4 is 20.7 Å². The molecular weight excluding hydrogens is 642 g/mol. The minimum absolute atomic E-state index is 0.103. The average Bonchev–Trinajstić information content (AvgIpc) is 3.52. The first-order valence-corrected chi connectivity index (χ1v) is 16.8. The van der Waals surface area contributed by atoms with Gasteiger partial charge in [0.15, 0.2) is 0 Å². The van der Waals surface area contributed by atoms with Crippen LogP contribution in [0.3, 0.4) is 0 Å². The van der Waals surface area contributed by atoms with E-state index < -0.39 is 0 Å². The van der Waals surface area contributed by atoms with Crippen LogP contribution in [0, 0.1) is 6.92 Å². The number of anilines is 4. The summed E-state index contributed by atoms with van der Waals surface area (Å²) < 4.78 is 8.05. The molecule has 1 aliphatic rings. The predicted octanol–water partition coefficient (Wildman–Crippen LogP) is 7.63. The first-order valence-electron chi connectivity index (χ1n) is 16.8. The molecule has 1 aliphatic heterocycles. The van der Waals surface area contributed by atoms with Crippen molar-refractivity contribution in [2.24, 2.45) is 0 Å². The lowest BCUT2D eigenvalue weighted by molar-refractivity contribution is 0.0645. The number of amides is 3. The van der Waals surface area contributed by atoms with E-state index in [9.17, 15) is 9.59 Å². The van der Waals surface area contributed by atoms with Crippen LogP contribution in [-0.4, -0.2) is 54.7 Å². The maximum absolute atomic E-state index is 13.4. The second-order valence-corrected chi connectivity index (χ2v) is 13.5. The number of nitrogens with zero attached hydrogens (tertiary/aromatic N) is 6. The molecule has 12 heteroatoms. The maximum atomic E-state index is 13.4. The van der Waals surface area contributed by atoms with Gasteiger partial charge in [0.25, 0.3) is 5.91 Å². The Balaban J connectivity index is 1.03. The Morgan fingerprint density at radius 2 is 1.63 bits per heavy atom. The quantitative estimate of drug-likeness (QED) is 0.142. The van der Waals surface area contributed by atoms with Crippen LogP contribution >= 0.6 is 0 Å². The molecule has 3 amide bonds. The van der Waals surface area contributed by atoms with Crippen molar-refractivity contribution in [1.82, 2.24) is 29.6 Å². The molecule has 0 atom stereocenters. The number of nitrogens with one attached hydrogen (secondary N) is 3. The van der Waals surface area contributed by atoms with Gasteiger partial charge in [-0.15, -0.1) is 0 Å². The highest BCUT2D eigenvalue weighted by molar-refractivity contribution is 6.07. The lowest BCUT2D eigenvalue weighted by Gasteiger charge is -2.30. The summed E-state index contributed by atoms with van der Waals surface area (Å²) in [4.78, 5) is 40.6. The van der Waals surface area contributed by atoms with Crippen LogP contribution in [0.2, 0.25) is 0 Å². The summed E-state index contributed by atoms with van der Waals surface area (Å²) in [5.41, 5.74) is 4.50. The largest absolute Gasteiger partial charge is 0.488 e. The summed E-state index contributed by atoms with van der Waals surface area (Å²) in [6.45, 7) is 10.1. The average molecular weight is 682 g/mol. The van der Waals surface area contributed by atoms with Crippen molar-refractivity contribution in [1.29, 1.82) is 0 Å². The van der Waals surface area contributed by atoms with Crippen LogP contribution in [0.15, 0.2) is 97.5 Å². The monoisotopic (exact) mass is 681 g/mol.